The second kappa shape index (κ2) is 6.41. The molecule has 4 nitrogen and oxygen atoms in total. The maximum absolute atomic E-state index is 5.97. The van der Waals surface area contributed by atoms with Gasteiger partial charge in [-0.1, -0.05) is 15.9 Å². The summed E-state index contributed by atoms with van der Waals surface area (Å²) in [6.07, 6.45) is 3.66. The van der Waals surface area contributed by atoms with Crippen LogP contribution in [0.15, 0.2) is 35.1 Å². The number of hydrogen-bond acceptors (Lipinski definition) is 3. The van der Waals surface area contributed by atoms with Crippen molar-refractivity contribution in [1.29, 1.82) is 0 Å². The van der Waals surface area contributed by atoms with Crippen molar-refractivity contribution >= 4 is 15.9 Å². The first-order valence-electron chi connectivity index (χ1n) is 6.70. The molecule has 20 heavy (non-hydrogen) atoms. The molecule has 2 rings (SSSR count). The third-order valence-corrected chi connectivity index (χ3v) is 3.70. The summed E-state index contributed by atoms with van der Waals surface area (Å²) in [4.78, 5) is 0. The Morgan fingerprint density at radius 1 is 1.30 bits per heavy atom. The van der Waals surface area contributed by atoms with Crippen LogP contribution in [0.4, 0.5) is 0 Å². The van der Waals surface area contributed by atoms with Crippen molar-refractivity contribution in [2.75, 3.05) is 7.05 Å². The minimum absolute atomic E-state index is 0.211. The first-order chi connectivity index (χ1) is 9.51. The number of benzene rings is 1. The predicted molar refractivity (Wildman–Crippen MR) is 84.3 cm³/mol. The van der Waals surface area contributed by atoms with Gasteiger partial charge in [-0.15, -0.1) is 0 Å². The lowest BCUT2D eigenvalue weighted by atomic mass is 10.1. The van der Waals surface area contributed by atoms with E-state index < -0.39 is 0 Å². The molecule has 0 fully saturated rings. The average Bonchev–Trinajstić information content (AvgIpc) is 2.88. The van der Waals surface area contributed by atoms with Crippen LogP contribution in [0.1, 0.15) is 38.4 Å². The molecule has 0 aliphatic rings. The maximum atomic E-state index is 5.97. The van der Waals surface area contributed by atoms with E-state index in [2.05, 4.69) is 53.2 Å². The molecule has 0 aliphatic heterocycles. The lowest BCUT2D eigenvalue weighted by Crippen LogP contribution is -2.13. The lowest BCUT2D eigenvalue weighted by Gasteiger charge is -2.16. The molecule has 1 N–H and O–H groups in total. The summed E-state index contributed by atoms with van der Waals surface area (Å²) in [6.45, 7) is 6.28. The number of nitrogens with zero attached hydrogens (tertiary/aromatic N) is 2. The lowest BCUT2D eigenvalue weighted by molar-refractivity contribution is 0.462. The van der Waals surface area contributed by atoms with E-state index in [0.717, 1.165) is 21.5 Å². The van der Waals surface area contributed by atoms with E-state index in [4.69, 9.17) is 4.74 Å². The summed E-state index contributed by atoms with van der Waals surface area (Å²) in [5, 5.41) is 7.53. The number of nitrogens with one attached hydrogen (secondary N) is 1. The standard InChI is InChI=1S/C15H20BrN3O/c1-10(2)19-9-13(8-18-19)20-15-6-5-12(16)7-14(15)11(3)17-4/h5-11,17H,1-4H3. The summed E-state index contributed by atoms with van der Waals surface area (Å²) in [5.74, 6) is 1.60. The minimum atomic E-state index is 0.211. The van der Waals surface area contributed by atoms with E-state index in [-0.39, 0.29) is 6.04 Å². The Hall–Kier alpha value is -1.33. The molecule has 0 radical (unpaired) electrons. The number of aromatic nitrogens is 2. The van der Waals surface area contributed by atoms with Crippen LogP contribution in [-0.2, 0) is 0 Å². The van der Waals surface area contributed by atoms with E-state index in [1.165, 1.54) is 0 Å². The molecule has 108 valence electrons. The van der Waals surface area contributed by atoms with Crippen LogP contribution in [0.5, 0.6) is 11.5 Å². The predicted octanol–water partition coefficient (Wildman–Crippen LogP) is 4.30. The van der Waals surface area contributed by atoms with E-state index in [0.29, 0.717) is 6.04 Å². The largest absolute Gasteiger partial charge is 0.454 e. The Morgan fingerprint density at radius 3 is 2.65 bits per heavy atom. The summed E-state index contributed by atoms with van der Waals surface area (Å²) < 4.78 is 8.90. The Bertz CT molecular complexity index is 580. The highest BCUT2D eigenvalue weighted by Gasteiger charge is 2.12. The summed E-state index contributed by atoms with van der Waals surface area (Å²) in [7, 11) is 1.94. The van der Waals surface area contributed by atoms with Crippen molar-refractivity contribution in [2.24, 2.45) is 0 Å². The van der Waals surface area contributed by atoms with Crippen LogP contribution >= 0.6 is 15.9 Å². The quantitative estimate of drug-likeness (QED) is 0.883. The minimum Gasteiger partial charge on any atom is -0.454 e. The zero-order chi connectivity index (χ0) is 14.7. The van der Waals surface area contributed by atoms with Gasteiger partial charge in [0.1, 0.15) is 5.75 Å². The van der Waals surface area contributed by atoms with Gasteiger partial charge in [-0.05, 0) is 46.0 Å². The van der Waals surface area contributed by atoms with Gasteiger partial charge in [0, 0.05) is 22.1 Å². The molecule has 1 unspecified atom stereocenters. The van der Waals surface area contributed by atoms with Crippen LogP contribution < -0.4 is 10.1 Å². The van der Waals surface area contributed by atoms with Gasteiger partial charge in [0.15, 0.2) is 5.75 Å². The van der Waals surface area contributed by atoms with Crippen molar-refractivity contribution in [3.8, 4) is 11.5 Å². The summed E-state index contributed by atoms with van der Waals surface area (Å²) in [5.41, 5.74) is 1.11. The summed E-state index contributed by atoms with van der Waals surface area (Å²) >= 11 is 3.50. The molecule has 5 heteroatoms. The monoisotopic (exact) mass is 337 g/mol. The van der Waals surface area contributed by atoms with Crippen LogP contribution in [0.25, 0.3) is 0 Å². The van der Waals surface area contributed by atoms with E-state index in [1.54, 1.807) is 6.20 Å². The first-order valence-corrected chi connectivity index (χ1v) is 7.49. The van der Waals surface area contributed by atoms with Crippen LogP contribution in [0, 0.1) is 0 Å². The second-order valence-corrected chi connectivity index (χ2v) is 5.96. The molecule has 0 spiro atoms. The normalized spacial score (nSPS) is 12.7. The maximum Gasteiger partial charge on any atom is 0.165 e. The van der Waals surface area contributed by atoms with Gasteiger partial charge >= 0.3 is 0 Å². The molecular formula is C15H20BrN3O. The Kier molecular flexibility index (Phi) is 4.83. The zero-order valence-corrected chi connectivity index (χ0v) is 13.8. The van der Waals surface area contributed by atoms with Gasteiger partial charge in [-0.3, -0.25) is 4.68 Å². The van der Waals surface area contributed by atoms with Gasteiger partial charge in [0.25, 0.3) is 0 Å². The number of halogens is 1. The Balaban J connectivity index is 2.27. The third-order valence-electron chi connectivity index (χ3n) is 3.21. The van der Waals surface area contributed by atoms with Crippen molar-refractivity contribution in [2.45, 2.75) is 32.9 Å². The van der Waals surface area contributed by atoms with Crippen LogP contribution in [-0.4, -0.2) is 16.8 Å². The van der Waals surface area contributed by atoms with Gasteiger partial charge in [-0.25, -0.2) is 0 Å². The number of ether oxygens (including phenoxy) is 1. The molecule has 0 bridgehead atoms. The highest BCUT2D eigenvalue weighted by molar-refractivity contribution is 9.10. The fraction of sp³-hybridized carbons (Fsp3) is 0.400. The first kappa shape index (κ1) is 15.1. The van der Waals surface area contributed by atoms with Crippen molar-refractivity contribution in [3.63, 3.8) is 0 Å². The van der Waals surface area contributed by atoms with Gasteiger partial charge in [0.2, 0.25) is 0 Å². The smallest absolute Gasteiger partial charge is 0.165 e. The Labute approximate surface area is 128 Å². The Morgan fingerprint density at radius 2 is 2.05 bits per heavy atom. The molecule has 0 aliphatic carbocycles. The van der Waals surface area contributed by atoms with Crippen molar-refractivity contribution < 1.29 is 4.74 Å². The second-order valence-electron chi connectivity index (χ2n) is 5.04. The van der Waals surface area contributed by atoms with Gasteiger partial charge < -0.3 is 10.1 Å². The topological polar surface area (TPSA) is 39.1 Å². The highest BCUT2D eigenvalue weighted by atomic mass is 79.9. The summed E-state index contributed by atoms with van der Waals surface area (Å²) in [6, 6.07) is 6.56. The molecule has 1 aromatic heterocycles. The molecule has 1 heterocycles. The van der Waals surface area contributed by atoms with Crippen molar-refractivity contribution in [3.05, 3.63) is 40.6 Å². The molecular weight excluding hydrogens is 318 g/mol. The molecule has 2 aromatic rings. The van der Waals surface area contributed by atoms with Gasteiger partial charge in [-0.2, -0.15) is 5.10 Å². The van der Waals surface area contributed by atoms with Crippen LogP contribution in [0.2, 0.25) is 0 Å². The van der Waals surface area contributed by atoms with E-state index >= 15 is 0 Å². The molecule has 0 amide bonds. The number of rotatable bonds is 5. The zero-order valence-electron chi connectivity index (χ0n) is 12.2. The number of hydrogen-bond donors (Lipinski definition) is 1. The third kappa shape index (κ3) is 3.41. The molecule has 0 saturated heterocycles. The highest BCUT2D eigenvalue weighted by Crippen LogP contribution is 2.32. The fourth-order valence-corrected chi connectivity index (χ4v) is 2.27. The van der Waals surface area contributed by atoms with E-state index in [9.17, 15) is 0 Å². The molecule has 1 aromatic carbocycles. The SMILES string of the molecule is CNC(C)c1cc(Br)ccc1Oc1cnn(C(C)C)c1. The molecule has 0 saturated carbocycles. The van der Waals surface area contributed by atoms with Crippen LogP contribution in [0.3, 0.4) is 0 Å². The van der Waals surface area contributed by atoms with Gasteiger partial charge in [0.05, 0.1) is 12.4 Å². The molecule has 1 atom stereocenters. The van der Waals surface area contributed by atoms with Crippen molar-refractivity contribution in [1.82, 2.24) is 15.1 Å². The average molecular weight is 338 g/mol. The fourth-order valence-electron chi connectivity index (χ4n) is 1.89. The van der Waals surface area contributed by atoms with E-state index in [1.807, 2.05) is 30.1 Å².